The van der Waals surface area contributed by atoms with E-state index in [9.17, 15) is 9.50 Å². The zero-order valence-electron chi connectivity index (χ0n) is 11.1. The maximum atomic E-state index is 13.2. The maximum Gasteiger partial charge on any atom is 0.123 e. The second-order valence-electron chi connectivity index (χ2n) is 4.61. The van der Waals surface area contributed by atoms with Gasteiger partial charge in [-0.1, -0.05) is 29.8 Å². The Morgan fingerprint density at radius 3 is 2.60 bits per heavy atom. The lowest BCUT2D eigenvalue weighted by Crippen LogP contribution is -2.15. The van der Waals surface area contributed by atoms with Gasteiger partial charge >= 0.3 is 0 Å². The summed E-state index contributed by atoms with van der Waals surface area (Å²) < 4.78 is 18.4. The zero-order valence-corrected chi connectivity index (χ0v) is 11.9. The molecule has 0 bridgehead atoms. The molecule has 2 nitrogen and oxygen atoms in total. The number of rotatable bonds is 5. The van der Waals surface area contributed by atoms with Gasteiger partial charge in [0.25, 0.3) is 0 Å². The average molecular weight is 295 g/mol. The molecule has 1 atom stereocenters. The molecule has 2 aromatic rings. The first-order valence-corrected chi connectivity index (χ1v) is 6.72. The van der Waals surface area contributed by atoms with Crippen molar-refractivity contribution in [3.05, 3.63) is 64.4 Å². The summed E-state index contributed by atoms with van der Waals surface area (Å²) in [5.74, 6) is 0.380. The molecule has 4 heteroatoms. The van der Waals surface area contributed by atoms with Crippen molar-refractivity contribution >= 4 is 11.6 Å². The Balaban J connectivity index is 2.09. The highest BCUT2D eigenvalue weighted by atomic mass is 35.5. The summed E-state index contributed by atoms with van der Waals surface area (Å²) in [7, 11) is 1.59. The lowest BCUT2D eigenvalue weighted by Gasteiger charge is -2.14. The molecule has 0 aliphatic heterocycles. The molecule has 0 radical (unpaired) electrons. The SMILES string of the molecule is COc1ccccc1CC(O)Cc1cc(F)ccc1Cl. The number of para-hydroxylation sites is 1. The zero-order chi connectivity index (χ0) is 14.5. The van der Waals surface area contributed by atoms with Crippen LogP contribution in [0.5, 0.6) is 5.75 Å². The minimum atomic E-state index is -0.648. The van der Waals surface area contributed by atoms with Crippen molar-refractivity contribution in [1.29, 1.82) is 0 Å². The molecular formula is C16H16ClFO2. The highest BCUT2D eigenvalue weighted by Gasteiger charge is 2.12. The fourth-order valence-corrected chi connectivity index (χ4v) is 2.35. The van der Waals surface area contributed by atoms with Crippen LogP contribution in [-0.2, 0) is 12.8 Å². The van der Waals surface area contributed by atoms with E-state index < -0.39 is 6.10 Å². The third kappa shape index (κ3) is 3.71. The van der Waals surface area contributed by atoms with Crippen molar-refractivity contribution in [3.63, 3.8) is 0 Å². The number of hydrogen-bond donors (Lipinski definition) is 1. The Morgan fingerprint density at radius 2 is 1.85 bits per heavy atom. The molecule has 0 aliphatic carbocycles. The van der Waals surface area contributed by atoms with Gasteiger partial charge in [0, 0.05) is 17.9 Å². The summed E-state index contributed by atoms with van der Waals surface area (Å²) in [4.78, 5) is 0. The van der Waals surface area contributed by atoms with Crippen LogP contribution in [0.3, 0.4) is 0 Å². The number of aliphatic hydroxyl groups is 1. The first kappa shape index (κ1) is 14.8. The van der Waals surface area contributed by atoms with E-state index in [1.54, 1.807) is 7.11 Å². The van der Waals surface area contributed by atoms with Gasteiger partial charge in [0.1, 0.15) is 11.6 Å². The predicted octanol–water partition coefficient (Wildman–Crippen LogP) is 3.63. The molecular weight excluding hydrogens is 279 g/mol. The van der Waals surface area contributed by atoms with E-state index in [-0.39, 0.29) is 5.82 Å². The van der Waals surface area contributed by atoms with Crippen molar-refractivity contribution in [1.82, 2.24) is 0 Å². The first-order valence-electron chi connectivity index (χ1n) is 6.34. The normalized spacial score (nSPS) is 12.2. The van der Waals surface area contributed by atoms with Crippen molar-refractivity contribution < 1.29 is 14.2 Å². The van der Waals surface area contributed by atoms with Gasteiger partial charge < -0.3 is 9.84 Å². The van der Waals surface area contributed by atoms with E-state index in [1.807, 2.05) is 24.3 Å². The Kier molecular flexibility index (Phi) is 4.99. The average Bonchev–Trinajstić information content (AvgIpc) is 2.43. The summed E-state index contributed by atoms with van der Waals surface area (Å²) in [6, 6.07) is 11.7. The molecule has 106 valence electrons. The molecule has 1 N–H and O–H groups in total. The van der Waals surface area contributed by atoms with E-state index >= 15 is 0 Å². The molecule has 0 fully saturated rings. The van der Waals surface area contributed by atoms with E-state index in [4.69, 9.17) is 16.3 Å². The molecule has 0 saturated heterocycles. The molecule has 1 unspecified atom stereocenters. The van der Waals surface area contributed by atoms with Gasteiger partial charge in [-0.05, 0) is 35.4 Å². The second kappa shape index (κ2) is 6.73. The molecule has 0 spiro atoms. The van der Waals surface area contributed by atoms with Gasteiger partial charge in [0.15, 0.2) is 0 Å². The van der Waals surface area contributed by atoms with E-state index in [0.29, 0.717) is 23.4 Å². The first-order chi connectivity index (χ1) is 9.60. The molecule has 0 saturated carbocycles. The van der Waals surface area contributed by atoms with Gasteiger partial charge in [-0.2, -0.15) is 0 Å². The highest BCUT2D eigenvalue weighted by molar-refractivity contribution is 6.31. The van der Waals surface area contributed by atoms with Crippen molar-refractivity contribution in [2.75, 3.05) is 7.11 Å². The number of methoxy groups -OCH3 is 1. The smallest absolute Gasteiger partial charge is 0.123 e. The standard InChI is InChI=1S/C16H16ClFO2/c1-20-16-5-3-2-4-11(16)9-14(19)10-12-8-13(18)6-7-15(12)17/h2-8,14,19H,9-10H2,1H3. The van der Waals surface area contributed by atoms with Crippen LogP contribution in [0.4, 0.5) is 4.39 Å². The Hall–Kier alpha value is -1.58. The van der Waals surface area contributed by atoms with Crippen LogP contribution in [0.2, 0.25) is 5.02 Å². The predicted molar refractivity (Wildman–Crippen MR) is 77.8 cm³/mol. The third-order valence-corrected chi connectivity index (χ3v) is 3.48. The van der Waals surface area contributed by atoms with Crippen molar-refractivity contribution in [3.8, 4) is 5.75 Å². The van der Waals surface area contributed by atoms with Crippen molar-refractivity contribution in [2.45, 2.75) is 18.9 Å². The third-order valence-electron chi connectivity index (χ3n) is 3.11. The fraction of sp³-hybridized carbons (Fsp3) is 0.250. The molecule has 0 aliphatic rings. The second-order valence-corrected chi connectivity index (χ2v) is 5.02. The van der Waals surface area contributed by atoms with E-state index in [1.165, 1.54) is 18.2 Å². The number of hydrogen-bond acceptors (Lipinski definition) is 2. The lowest BCUT2D eigenvalue weighted by molar-refractivity contribution is 0.174. The van der Waals surface area contributed by atoms with Crippen LogP contribution < -0.4 is 4.74 Å². The number of ether oxygens (including phenoxy) is 1. The summed E-state index contributed by atoms with van der Waals surface area (Å²) in [5, 5.41) is 10.6. The molecule has 0 heterocycles. The summed E-state index contributed by atoms with van der Waals surface area (Å²) in [6.45, 7) is 0. The molecule has 2 rings (SSSR count). The molecule has 2 aromatic carbocycles. The topological polar surface area (TPSA) is 29.5 Å². The number of aliphatic hydroxyl groups excluding tert-OH is 1. The molecule has 0 aromatic heterocycles. The van der Waals surface area contributed by atoms with Gasteiger partial charge in [-0.15, -0.1) is 0 Å². The van der Waals surface area contributed by atoms with Crippen LogP contribution in [0, 0.1) is 5.82 Å². The van der Waals surface area contributed by atoms with Crippen LogP contribution in [0.1, 0.15) is 11.1 Å². The Morgan fingerprint density at radius 1 is 1.15 bits per heavy atom. The number of halogens is 2. The largest absolute Gasteiger partial charge is 0.496 e. The minimum absolute atomic E-state index is 0.300. The maximum absolute atomic E-state index is 13.2. The van der Waals surface area contributed by atoms with Gasteiger partial charge in [-0.25, -0.2) is 4.39 Å². The summed E-state index contributed by atoms with van der Waals surface area (Å²) in [6.07, 6.45) is 0.0801. The highest BCUT2D eigenvalue weighted by Crippen LogP contribution is 2.23. The van der Waals surface area contributed by atoms with Crippen LogP contribution in [0.25, 0.3) is 0 Å². The monoisotopic (exact) mass is 294 g/mol. The van der Waals surface area contributed by atoms with Gasteiger partial charge in [0.2, 0.25) is 0 Å². The van der Waals surface area contributed by atoms with E-state index in [2.05, 4.69) is 0 Å². The van der Waals surface area contributed by atoms with Crippen LogP contribution >= 0.6 is 11.6 Å². The Labute approximate surface area is 122 Å². The van der Waals surface area contributed by atoms with Crippen LogP contribution in [0.15, 0.2) is 42.5 Å². The quantitative estimate of drug-likeness (QED) is 0.912. The summed E-state index contributed by atoms with van der Waals surface area (Å²) in [5.41, 5.74) is 1.52. The van der Waals surface area contributed by atoms with Gasteiger partial charge in [0.05, 0.1) is 13.2 Å². The van der Waals surface area contributed by atoms with Gasteiger partial charge in [-0.3, -0.25) is 0 Å². The molecule has 20 heavy (non-hydrogen) atoms. The minimum Gasteiger partial charge on any atom is -0.496 e. The molecule has 0 amide bonds. The number of benzene rings is 2. The van der Waals surface area contributed by atoms with Crippen molar-refractivity contribution in [2.24, 2.45) is 0 Å². The van der Waals surface area contributed by atoms with E-state index in [0.717, 1.165) is 11.3 Å². The van der Waals surface area contributed by atoms with Crippen LogP contribution in [-0.4, -0.2) is 18.3 Å². The Bertz CT molecular complexity index is 586. The lowest BCUT2D eigenvalue weighted by atomic mass is 10.0. The summed E-state index contributed by atoms with van der Waals surface area (Å²) >= 11 is 6.00. The fourth-order valence-electron chi connectivity index (χ4n) is 2.15.